The summed E-state index contributed by atoms with van der Waals surface area (Å²) in [5.74, 6) is -0.387. The van der Waals surface area contributed by atoms with Crippen molar-refractivity contribution in [3.8, 4) is 0 Å². The lowest BCUT2D eigenvalue weighted by Gasteiger charge is -2.31. The average molecular weight is 479 g/mol. The summed E-state index contributed by atoms with van der Waals surface area (Å²) in [4.78, 5) is 14.3. The molecule has 0 aromatic heterocycles. The summed E-state index contributed by atoms with van der Waals surface area (Å²) in [6.07, 6.45) is 3.01. The highest BCUT2D eigenvalue weighted by Crippen LogP contribution is 2.19. The minimum Gasteiger partial charge on any atom is -0.332 e. The molecule has 0 spiro atoms. The third-order valence-corrected chi connectivity index (χ3v) is 7.12. The molecule has 2 aromatic carbocycles. The maximum atomic E-state index is 12.8. The van der Waals surface area contributed by atoms with Crippen LogP contribution in [-0.2, 0) is 14.8 Å². The fourth-order valence-corrected chi connectivity index (χ4v) is 4.72. The molecule has 1 heterocycles. The smallest absolute Gasteiger partial charge is 0.250 e. The van der Waals surface area contributed by atoms with E-state index in [-0.39, 0.29) is 15.9 Å². The number of thiocarbonyl (C=S) groups is 1. The van der Waals surface area contributed by atoms with E-state index in [1.165, 1.54) is 22.5 Å². The van der Waals surface area contributed by atoms with Crippen LogP contribution in [0.5, 0.6) is 0 Å². The number of hydrogen-bond acceptors (Lipinski definition) is 5. The molecule has 164 valence electrons. The Morgan fingerprint density at radius 3 is 2.26 bits per heavy atom. The molecule has 1 amide bonds. The summed E-state index contributed by atoms with van der Waals surface area (Å²) in [6, 6.07) is 13.3. The zero-order valence-corrected chi connectivity index (χ0v) is 19.3. The van der Waals surface area contributed by atoms with Gasteiger partial charge in [0.1, 0.15) is 0 Å². The van der Waals surface area contributed by atoms with Crippen molar-refractivity contribution in [1.82, 2.24) is 14.5 Å². The van der Waals surface area contributed by atoms with Gasteiger partial charge < -0.3 is 10.2 Å². The van der Waals surface area contributed by atoms with E-state index in [1.54, 1.807) is 42.5 Å². The molecule has 31 heavy (non-hydrogen) atoms. The second-order valence-corrected chi connectivity index (χ2v) is 9.84. The van der Waals surface area contributed by atoms with Crippen LogP contribution in [0.1, 0.15) is 5.56 Å². The normalized spacial score (nSPS) is 15.7. The Balaban J connectivity index is 1.54. The predicted octanol–water partition coefficient (Wildman–Crippen LogP) is 2.80. The second kappa shape index (κ2) is 10.3. The number of nitrogens with one attached hydrogen (secondary N) is 2. The Morgan fingerprint density at radius 1 is 1.03 bits per heavy atom. The number of hydrogen-bond donors (Lipinski definition) is 2. The molecule has 2 N–H and O–H groups in total. The van der Waals surface area contributed by atoms with Gasteiger partial charge in [0.25, 0.3) is 0 Å². The Morgan fingerprint density at radius 2 is 1.65 bits per heavy atom. The first-order valence-corrected chi connectivity index (χ1v) is 11.8. The highest BCUT2D eigenvalue weighted by Gasteiger charge is 2.27. The second-order valence-electron chi connectivity index (χ2n) is 7.06. The van der Waals surface area contributed by atoms with E-state index >= 15 is 0 Å². The first-order chi connectivity index (χ1) is 14.7. The van der Waals surface area contributed by atoms with Crippen LogP contribution >= 0.6 is 23.8 Å². The molecule has 0 bridgehead atoms. The lowest BCUT2D eigenvalue weighted by Crippen LogP contribution is -2.46. The quantitative estimate of drug-likeness (QED) is 0.508. The van der Waals surface area contributed by atoms with Gasteiger partial charge >= 0.3 is 0 Å². The Kier molecular flexibility index (Phi) is 7.79. The van der Waals surface area contributed by atoms with E-state index in [1.807, 2.05) is 7.05 Å². The average Bonchev–Trinajstić information content (AvgIpc) is 2.74. The van der Waals surface area contributed by atoms with Crippen molar-refractivity contribution in [2.45, 2.75) is 4.90 Å². The molecule has 0 aliphatic carbocycles. The lowest BCUT2D eigenvalue weighted by molar-refractivity contribution is -0.115. The monoisotopic (exact) mass is 478 g/mol. The molecular formula is C21H23ClN4O3S2. The summed E-state index contributed by atoms with van der Waals surface area (Å²) in [5.41, 5.74) is 1.40. The third kappa shape index (κ3) is 6.59. The fourth-order valence-electron chi connectivity index (χ4n) is 2.95. The van der Waals surface area contributed by atoms with Gasteiger partial charge in [0.05, 0.1) is 4.90 Å². The molecule has 1 aliphatic rings. The Bertz CT molecular complexity index is 1060. The number of nitrogens with zero attached hydrogens (tertiary/aromatic N) is 2. The summed E-state index contributed by atoms with van der Waals surface area (Å²) >= 11 is 11.0. The SMILES string of the molecule is CN1CCN(S(=O)(=O)c2ccc(NC(=S)NC(=O)/C=C/c3ccc(Cl)cc3)cc2)CC1. The van der Waals surface area contributed by atoms with Crippen LogP contribution < -0.4 is 10.6 Å². The minimum atomic E-state index is -3.53. The van der Waals surface area contributed by atoms with Crippen molar-refractivity contribution >= 4 is 56.6 Å². The number of amides is 1. The van der Waals surface area contributed by atoms with Gasteiger partial charge in [-0.1, -0.05) is 23.7 Å². The van der Waals surface area contributed by atoms with Crippen LogP contribution in [0.15, 0.2) is 59.5 Å². The molecule has 1 saturated heterocycles. The van der Waals surface area contributed by atoms with E-state index in [9.17, 15) is 13.2 Å². The maximum Gasteiger partial charge on any atom is 0.250 e. The molecular weight excluding hydrogens is 456 g/mol. The number of sulfonamides is 1. The van der Waals surface area contributed by atoms with Gasteiger partial charge in [-0.05, 0) is 67.3 Å². The van der Waals surface area contributed by atoms with Crippen molar-refractivity contribution in [3.05, 3.63) is 65.2 Å². The van der Waals surface area contributed by atoms with Gasteiger partial charge in [-0.25, -0.2) is 8.42 Å². The van der Waals surface area contributed by atoms with Crippen LogP contribution in [0, 0.1) is 0 Å². The number of likely N-dealkylation sites (N-methyl/N-ethyl adjacent to an activating group) is 1. The third-order valence-electron chi connectivity index (χ3n) is 4.75. The van der Waals surface area contributed by atoms with E-state index < -0.39 is 10.0 Å². The number of rotatable bonds is 5. The van der Waals surface area contributed by atoms with Crippen LogP contribution in [0.2, 0.25) is 5.02 Å². The van der Waals surface area contributed by atoms with Crippen molar-refractivity contribution in [1.29, 1.82) is 0 Å². The Hall–Kier alpha value is -2.30. The first-order valence-electron chi connectivity index (χ1n) is 9.58. The zero-order valence-electron chi connectivity index (χ0n) is 16.9. The minimum absolute atomic E-state index is 0.112. The topological polar surface area (TPSA) is 81.8 Å². The van der Waals surface area contributed by atoms with Gasteiger partial charge in [0.15, 0.2) is 5.11 Å². The molecule has 10 heteroatoms. The zero-order chi connectivity index (χ0) is 22.4. The van der Waals surface area contributed by atoms with E-state index in [4.69, 9.17) is 23.8 Å². The summed E-state index contributed by atoms with van der Waals surface area (Å²) < 4.78 is 27.0. The number of carbonyl (C=O) groups is 1. The van der Waals surface area contributed by atoms with Crippen LogP contribution in [0.25, 0.3) is 6.08 Å². The largest absolute Gasteiger partial charge is 0.332 e. The molecule has 3 rings (SSSR count). The summed E-state index contributed by atoms with van der Waals surface area (Å²) in [6.45, 7) is 2.36. The number of piperazine rings is 1. The lowest BCUT2D eigenvalue weighted by atomic mass is 10.2. The highest BCUT2D eigenvalue weighted by atomic mass is 35.5. The molecule has 0 radical (unpaired) electrons. The highest BCUT2D eigenvalue weighted by molar-refractivity contribution is 7.89. The summed E-state index contributed by atoms with van der Waals surface area (Å²) in [5, 5.41) is 6.15. The molecule has 0 unspecified atom stereocenters. The molecule has 0 atom stereocenters. The molecule has 7 nitrogen and oxygen atoms in total. The van der Waals surface area contributed by atoms with E-state index in [0.717, 1.165) is 5.56 Å². The predicted molar refractivity (Wildman–Crippen MR) is 128 cm³/mol. The molecule has 0 saturated carbocycles. The van der Waals surface area contributed by atoms with E-state index in [0.29, 0.717) is 36.9 Å². The van der Waals surface area contributed by atoms with Crippen molar-refractivity contribution < 1.29 is 13.2 Å². The number of carbonyl (C=O) groups excluding carboxylic acids is 1. The molecule has 1 fully saturated rings. The van der Waals surface area contributed by atoms with Gasteiger partial charge in [0.2, 0.25) is 15.9 Å². The van der Waals surface area contributed by atoms with Crippen LogP contribution in [-0.4, -0.2) is 61.9 Å². The van der Waals surface area contributed by atoms with Crippen LogP contribution in [0.3, 0.4) is 0 Å². The van der Waals surface area contributed by atoms with Crippen molar-refractivity contribution in [3.63, 3.8) is 0 Å². The molecule has 1 aliphatic heterocycles. The van der Waals surface area contributed by atoms with Crippen molar-refractivity contribution in [2.24, 2.45) is 0 Å². The van der Waals surface area contributed by atoms with Gasteiger partial charge in [-0.15, -0.1) is 0 Å². The standard InChI is InChI=1S/C21H23ClN4O3S2/c1-25-12-14-26(15-13-25)31(28,29)19-9-7-18(8-10-19)23-21(30)24-20(27)11-4-16-2-5-17(22)6-3-16/h2-11H,12-15H2,1H3,(H2,23,24,27,30)/b11-4+. The number of benzene rings is 2. The van der Waals surface area contributed by atoms with Gasteiger partial charge in [-0.3, -0.25) is 10.1 Å². The van der Waals surface area contributed by atoms with E-state index in [2.05, 4.69) is 15.5 Å². The summed E-state index contributed by atoms with van der Waals surface area (Å²) in [7, 11) is -1.56. The maximum absolute atomic E-state index is 12.8. The fraction of sp³-hybridized carbons (Fsp3) is 0.238. The van der Waals surface area contributed by atoms with Crippen LogP contribution in [0.4, 0.5) is 5.69 Å². The van der Waals surface area contributed by atoms with Gasteiger partial charge in [0, 0.05) is 43.0 Å². The number of anilines is 1. The van der Waals surface area contributed by atoms with Crippen molar-refractivity contribution in [2.75, 3.05) is 38.5 Å². The first kappa shape index (κ1) is 23.4. The Labute approximate surface area is 192 Å². The van der Waals surface area contributed by atoms with Gasteiger partial charge in [-0.2, -0.15) is 4.31 Å². The molecule has 2 aromatic rings. The number of halogens is 1.